The molecule has 7 heterocycles. The first-order chi connectivity index (χ1) is 18.2. The minimum atomic E-state index is 0.690. The van der Waals surface area contributed by atoms with Gasteiger partial charge in [0.05, 0.1) is 11.1 Å². The molecule has 10 heteroatoms. The quantitative estimate of drug-likeness (QED) is 0.383. The zero-order valence-electron chi connectivity index (χ0n) is 21.0. The number of pyridine rings is 3. The summed E-state index contributed by atoms with van der Waals surface area (Å²) >= 11 is 0. The third-order valence-corrected chi connectivity index (χ3v) is 7.58. The van der Waals surface area contributed by atoms with Gasteiger partial charge >= 0.3 is 0 Å². The molecule has 0 saturated carbocycles. The lowest BCUT2D eigenvalue weighted by atomic mass is 10.1. The fourth-order valence-corrected chi connectivity index (χ4v) is 5.48. The van der Waals surface area contributed by atoms with Gasteiger partial charge in [0.1, 0.15) is 11.2 Å². The van der Waals surface area contributed by atoms with Crippen LogP contribution >= 0.6 is 0 Å². The van der Waals surface area contributed by atoms with Crippen LogP contribution in [-0.2, 0) is 6.54 Å². The zero-order chi connectivity index (χ0) is 24.8. The molecular formula is C27H30N10. The van der Waals surface area contributed by atoms with Crippen molar-refractivity contribution >= 4 is 27.9 Å². The van der Waals surface area contributed by atoms with Crippen LogP contribution in [0.3, 0.4) is 0 Å². The molecule has 0 aromatic carbocycles. The van der Waals surface area contributed by atoms with Crippen LogP contribution in [-0.4, -0.2) is 91.2 Å². The Kier molecular flexibility index (Phi) is 5.55. The third kappa shape index (κ3) is 4.21. The average Bonchev–Trinajstić information content (AvgIpc) is 3.68. The Morgan fingerprint density at radius 3 is 2.59 bits per heavy atom. The smallest absolute Gasteiger partial charge is 0.161 e. The fraction of sp³-hybridized carbons (Fsp3) is 0.370. The number of piperazine rings is 1. The van der Waals surface area contributed by atoms with Crippen molar-refractivity contribution in [2.45, 2.75) is 19.4 Å². The van der Waals surface area contributed by atoms with Gasteiger partial charge in [-0.15, -0.1) is 0 Å². The van der Waals surface area contributed by atoms with E-state index < -0.39 is 0 Å². The Morgan fingerprint density at radius 2 is 1.73 bits per heavy atom. The second-order valence-corrected chi connectivity index (χ2v) is 10.2. The highest BCUT2D eigenvalue weighted by Gasteiger charge is 2.21. The molecule has 188 valence electrons. The molecule has 0 bridgehead atoms. The van der Waals surface area contributed by atoms with E-state index in [0.29, 0.717) is 5.82 Å². The normalized spacial score (nSPS) is 17.4. The lowest BCUT2D eigenvalue weighted by molar-refractivity contribution is 0.313. The van der Waals surface area contributed by atoms with Gasteiger partial charge in [-0.05, 0) is 56.7 Å². The predicted octanol–water partition coefficient (Wildman–Crippen LogP) is 3.31. The van der Waals surface area contributed by atoms with Crippen LogP contribution in [0.15, 0.2) is 43.0 Å². The minimum absolute atomic E-state index is 0.690. The minimum Gasteiger partial charge on any atom is -0.367 e. The Hall–Kier alpha value is -3.89. The molecule has 7 rings (SSSR count). The molecule has 5 aromatic heterocycles. The topological polar surface area (TPSA) is 106 Å². The molecule has 2 aliphatic heterocycles. The largest absolute Gasteiger partial charge is 0.367 e. The highest BCUT2D eigenvalue weighted by molar-refractivity contribution is 5.95. The number of fused-ring (bicyclic) bond motifs is 2. The summed E-state index contributed by atoms with van der Waals surface area (Å²) in [5.74, 6) is 0.690. The molecule has 37 heavy (non-hydrogen) atoms. The molecule has 0 unspecified atom stereocenters. The van der Waals surface area contributed by atoms with Gasteiger partial charge in [-0.3, -0.25) is 15.0 Å². The molecule has 10 nitrogen and oxygen atoms in total. The first-order valence-electron chi connectivity index (χ1n) is 13.0. The van der Waals surface area contributed by atoms with Crippen LogP contribution in [0.1, 0.15) is 18.4 Å². The van der Waals surface area contributed by atoms with E-state index in [9.17, 15) is 0 Å². The molecule has 2 fully saturated rings. The molecule has 0 amide bonds. The lowest BCUT2D eigenvalue weighted by Crippen LogP contribution is -2.44. The number of aromatic nitrogens is 7. The lowest BCUT2D eigenvalue weighted by Gasteiger charge is -2.33. The molecular weight excluding hydrogens is 464 g/mol. The van der Waals surface area contributed by atoms with E-state index in [4.69, 9.17) is 4.98 Å². The molecule has 5 aromatic rings. The van der Waals surface area contributed by atoms with E-state index in [1.165, 1.54) is 31.5 Å². The van der Waals surface area contributed by atoms with Crippen molar-refractivity contribution in [3.63, 3.8) is 0 Å². The maximum absolute atomic E-state index is 4.97. The van der Waals surface area contributed by atoms with Crippen LogP contribution in [0.4, 0.5) is 5.69 Å². The van der Waals surface area contributed by atoms with Crippen molar-refractivity contribution in [1.29, 1.82) is 0 Å². The van der Waals surface area contributed by atoms with Crippen molar-refractivity contribution in [1.82, 2.24) is 44.9 Å². The van der Waals surface area contributed by atoms with E-state index in [2.05, 4.69) is 70.1 Å². The summed E-state index contributed by atoms with van der Waals surface area (Å²) in [4.78, 5) is 29.3. The first kappa shape index (κ1) is 22.3. The zero-order valence-corrected chi connectivity index (χ0v) is 21.0. The Morgan fingerprint density at radius 1 is 0.892 bits per heavy atom. The highest BCUT2D eigenvalue weighted by Crippen LogP contribution is 2.31. The van der Waals surface area contributed by atoms with E-state index >= 15 is 0 Å². The van der Waals surface area contributed by atoms with Crippen molar-refractivity contribution in [2.24, 2.45) is 0 Å². The Bertz CT molecular complexity index is 1560. The summed E-state index contributed by atoms with van der Waals surface area (Å²) in [6, 6.07) is 6.41. The van der Waals surface area contributed by atoms with Gasteiger partial charge in [0.15, 0.2) is 17.1 Å². The molecule has 0 radical (unpaired) electrons. The number of rotatable bonds is 5. The van der Waals surface area contributed by atoms with Gasteiger partial charge in [-0.1, -0.05) is 0 Å². The number of imidazole rings is 1. The predicted molar refractivity (Wildman–Crippen MR) is 144 cm³/mol. The summed E-state index contributed by atoms with van der Waals surface area (Å²) < 4.78 is 0. The van der Waals surface area contributed by atoms with Gasteiger partial charge in [0.25, 0.3) is 0 Å². The molecule has 0 aliphatic carbocycles. The van der Waals surface area contributed by atoms with Crippen molar-refractivity contribution in [3.05, 3.63) is 48.5 Å². The fourth-order valence-electron chi connectivity index (χ4n) is 5.48. The second kappa shape index (κ2) is 9.20. The first-order valence-corrected chi connectivity index (χ1v) is 13.0. The molecule has 0 atom stereocenters. The standard InChI is InChI=1S/C27H30N10/c1-35-8-10-37(11-9-35)22-4-5-29-26-24(22)31-27(32-26)23-21-13-20(16-30-25(21)34-33-23)19-12-18(14-28-15-19)17-36-6-2-3-7-36/h4-5,12-16H,2-3,6-11,17H2,1H3,(H,29,31,32)(H,30,33,34). The molecule has 2 N–H and O–H groups in total. The average molecular weight is 495 g/mol. The van der Waals surface area contributed by atoms with Crippen molar-refractivity contribution < 1.29 is 0 Å². The van der Waals surface area contributed by atoms with Gasteiger partial charge in [0.2, 0.25) is 0 Å². The number of hydrogen-bond acceptors (Lipinski definition) is 8. The van der Waals surface area contributed by atoms with E-state index in [-0.39, 0.29) is 0 Å². The summed E-state index contributed by atoms with van der Waals surface area (Å²) in [5.41, 5.74) is 7.53. The van der Waals surface area contributed by atoms with E-state index in [0.717, 1.165) is 77.4 Å². The van der Waals surface area contributed by atoms with Crippen LogP contribution in [0.2, 0.25) is 0 Å². The van der Waals surface area contributed by atoms with E-state index in [1.807, 2.05) is 24.8 Å². The Labute approximate surface area is 214 Å². The monoisotopic (exact) mass is 494 g/mol. The Balaban J connectivity index is 1.24. The number of aromatic amines is 2. The summed E-state index contributed by atoms with van der Waals surface area (Å²) in [7, 11) is 2.16. The van der Waals surface area contributed by atoms with Crippen LogP contribution in [0, 0.1) is 0 Å². The van der Waals surface area contributed by atoms with Gasteiger partial charge in [-0.2, -0.15) is 5.10 Å². The van der Waals surface area contributed by atoms with Crippen LogP contribution in [0.25, 0.3) is 44.8 Å². The highest BCUT2D eigenvalue weighted by atomic mass is 15.3. The van der Waals surface area contributed by atoms with E-state index in [1.54, 1.807) is 0 Å². The SMILES string of the molecule is CN1CCN(c2ccnc3[nH]c(-c4n[nH]c5ncc(-c6cncc(CN7CCCC7)c6)cc45)nc23)CC1. The van der Waals surface area contributed by atoms with Crippen molar-refractivity contribution in [2.75, 3.05) is 51.2 Å². The molecule has 2 saturated heterocycles. The second-order valence-electron chi connectivity index (χ2n) is 10.2. The number of H-pyrrole nitrogens is 2. The summed E-state index contributed by atoms with van der Waals surface area (Å²) in [6.07, 6.45) is 10.2. The number of hydrogen-bond donors (Lipinski definition) is 2. The van der Waals surface area contributed by atoms with Crippen LogP contribution in [0.5, 0.6) is 0 Å². The summed E-state index contributed by atoms with van der Waals surface area (Å²) in [6.45, 7) is 7.29. The third-order valence-electron chi connectivity index (χ3n) is 7.58. The van der Waals surface area contributed by atoms with Crippen LogP contribution < -0.4 is 4.90 Å². The number of anilines is 1. The number of likely N-dealkylation sites (N-methyl/N-ethyl adjacent to an activating group) is 1. The number of likely N-dealkylation sites (tertiary alicyclic amines) is 1. The maximum atomic E-state index is 4.97. The van der Waals surface area contributed by atoms with Crippen molar-refractivity contribution in [3.8, 4) is 22.6 Å². The number of nitrogens with one attached hydrogen (secondary N) is 2. The number of nitrogens with zero attached hydrogens (tertiary/aromatic N) is 8. The van der Waals surface area contributed by atoms with Gasteiger partial charge in [-0.25, -0.2) is 15.0 Å². The maximum Gasteiger partial charge on any atom is 0.161 e. The van der Waals surface area contributed by atoms with Gasteiger partial charge in [0, 0.05) is 68.6 Å². The molecule has 2 aliphatic rings. The van der Waals surface area contributed by atoms with Gasteiger partial charge < -0.3 is 14.8 Å². The molecule has 0 spiro atoms. The summed E-state index contributed by atoms with van der Waals surface area (Å²) in [5, 5.41) is 8.57.